The van der Waals surface area contributed by atoms with E-state index in [-0.39, 0.29) is 18.3 Å². The number of alkyl halides is 3. The summed E-state index contributed by atoms with van der Waals surface area (Å²) in [6.45, 7) is 8.42. The van der Waals surface area contributed by atoms with E-state index in [4.69, 9.17) is 16.6 Å². The fraction of sp³-hybridized carbons (Fsp3) is 0.519. The zero-order chi connectivity index (χ0) is 27.3. The molecule has 4 aliphatic rings. The molecule has 2 aromatic heterocycles. The number of nitrogens with zero attached hydrogens (tertiary/aromatic N) is 7. The van der Waals surface area contributed by atoms with Gasteiger partial charge in [-0.2, -0.15) is 13.2 Å². The number of anilines is 2. The van der Waals surface area contributed by atoms with Gasteiger partial charge in [0.2, 0.25) is 5.95 Å². The Kier molecular flexibility index (Phi) is 5.35. The second-order valence-corrected chi connectivity index (χ2v) is 12.3. The largest absolute Gasteiger partial charge is 0.417 e. The summed E-state index contributed by atoms with van der Waals surface area (Å²) in [5.74, 6) is 2.43. The molecule has 0 amide bonds. The molecule has 0 unspecified atom stereocenters. The van der Waals surface area contributed by atoms with Crippen LogP contribution in [0, 0.1) is 19.3 Å². The molecule has 12 heteroatoms. The molecule has 8 nitrogen and oxygen atoms in total. The minimum absolute atomic E-state index is 0.180. The van der Waals surface area contributed by atoms with E-state index < -0.39 is 17.8 Å². The molecular weight excluding hydrogens is 531 g/mol. The number of benzene rings is 1. The van der Waals surface area contributed by atoms with E-state index >= 15 is 0 Å². The van der Waals surface area contributed by atoms with Crippen molar-refractivity contribution >= 4 is 23.4 Å². The summed E-state index contributed by atoms with van der Waals surface area (Å²) in [7, 11) is 0. The highest BCUT2D eigenvalue weighted by atomic mass is 35.5. The van der Waals surface area contributed by atoms with Crippen LogP contribution in [0.2, 0.25) is 5.02 Å². The van der Waals surface area contributed by atoms with Gasteiger partial charge in [0.15, 0.2) is 11.4 Å². The van der Waals surface area contributed by atoms with Gasteiger partial charge in [0.05, 0.1) is 12.2 Å². The fourth-order valence-corrected chi connectivity index (χ4v) is 6.89. The highest BCUT2D eigenvalue weighted by molar-refractivity contribution is 6.30. The highest BCUT2D eigenvalue weighted by Crippen LogP contribution is 2.49. The summed E-state index contributed by atoms with van der Waals surface area (Å²) < 4.78 is 41.9. The third-order valence-corrected chi connectivity index (χ3v) is 8.94. The molecule has 39 heavy (non-hydrogen) atoms. The van der Waals surface area contributed by atoms with Gasteiger partial charge in [-0.25, -0.2) is 4.98 Å². The van der Waals surface area contributed by atoms with Gasteiger partial charge < -0.3 is 14.9 Å². The highest BCUT2D eigenvalue weighted by Gasteiger charge is 2.62. The average molecular weight is 560 g/mol. The molecule has 1 aliphatic carbocycles. The van der Waals surface area contributed by atoms with E-state index in [1.165, 1.54) is 5.56 Å². The lowest BCUT2D eigenvalue weighted by Gasteiger charge is -2.60. The molecule has 3 fully saturated rings. The van der Waals surface area contributed by atoms with Crippen molar-refractivity contribution in [1.29, 1.82) is 0 Å². The van der Waals surface area contributed by atoms with E-state index in [9.17, 15) is 18.3 Å². The third kappa shape index (κ3) is 4.00. The van der Waals surface area contributed by atoms with Gasteiger partial charge in [0.25, 0.3) is 0 Å². The molecule has 0 radical (unpaired) electrons. The third-order valence-electron chi connectivity index (χ3n) is 8.70. The number of aromatic nitrogens is 4. The monoisotopic (exact) mass is 559 g/mol. The molecule has 3 aliphatic heterocycles. The molecule has 2 saturated heterocycles. The predicted octanol–water partition coefficient (Wildman–Crippen LogP) is 4.03. The Morgan fingerprint density at radius 1 is 0.974 bits per heavy atom. The number of hydrogen-bond donors (Lipinski definition) is 1. The number of fused-ring (bicyclic) bond motifs is 3. The first-order valence-corrected chi connectivity index (χ1v) is 13.5. The van der Waals surface area contributed by atoms with Crippen molar-refractivity contribution in [3.05, 3.63) is 58.0 Å². The predicted molar refractivity (Wildman–Crippen MR) is 140 cm³/mol. The molecule has 206 valence electrons. The standard InChI is InChI=1S/C27H29ClF3N7O/c1-16-5-17(2)32-22(6-16)36-12-25(13-36)14-37(15-25)24-34-33-23-11-35(20-8-26(39,9-20)27(29,30)31)10-18-7-19(28)3-4-21(18)38(23)24/h3-7,20,39H,8-15H2,1-2H3. The van der Waals surface area contributed by atoms with E-state index in [2.05, 4.69) is 39.1 Å². The summed E-state index contributed by atoms with van der Waals surface area (Å²) in [6.07, 6.45) is -5.34. The van der Waals surface area contributed by atoms with Crippen LogP contribution in [-0.4, -0.2) is 73.8 Å². The van der Waals surface area contributed by atoms with Crippen LogP contribution in [0.15, 0.2) is 30.3 Å². The first-order valence-electron chi connectivity index (χ1n) is 13.1. The number of hydrogen-bond acceptors (Lipinski definition) is 7. The van der Waals surface area contributed by atoms with Crippen LogP contribution in [0.1, 0.15) is 35.5 Å². The number of halogens is 4. The Labute approximate surface area is 229 Å². The minimum atomic E-state index is -4.64. The molecule has 1 aromatic carbocycles. The van der Waals surface area contributed by atoms with Crippen molar-refractivity contribution in [3.8, 4) is 5.69 Å². The lowest BCUT2D eigenvalue weighted by molar-refractivity contribution is -0.300. The van der Waals surface area contributed by atoms with Crippen LogP contribution < -0.4 is 9.80 Å². The lowest BCUT2D eigenvalue weighted by atomic mass is 9.73. The van der Waals surface area contributed by atoms with Gasteiger partial charge in [0.1, 0.15) is 5.82 Å². The zero-order valence-corrected chi connectivity index (χ0v) is 22.5. The van der Waals surface area contributed by atoms with Crippen molar-refractivity contribution in [2.75, 3.05) is 36.0 Å². The van der Waals surface area contributed by atoms with Crippen molar-refractivity contribution in [3.63, 3.8) is 0 Å². The van der Waals surface area contributed by atoms with Gasteiger partial charge in [-0.1, -0.05) is 11.6 Å². The number of pyridine rings is 1. The molecule has 1 saturated carbocycles. The van der Waals surface area contributed by atoms with Crippen LogP contribution in [0.3, 0.4) is 0 Å². The summed E-state index contributed by atoms with van der Waals surface area (Å²) >= 11 is 6.33. The average Bonchev–Trinajstić information content (AvgIpc) is 3.09. The van der Waals surface area contributed by atoms with Crippen LogP contribution in [0.25, 0.3) is 5.69 Å². The molecule has 1 spiro atoms. The quantitative estimate of drug-likeness (QED) is 0.519. The topological polar surface area (TPSA) is 73.6 Å². The maximum atomic E-state index is 13.3. The van der Waals surface area contributed by atoms with Crippen molar-refractivity contribution < 1.29 is 18.3 Å². The smallest absolute Gasteiger partial charge is 0.380 e. The summed E-state index contributed by atoms with van der Waals surface area (Å²) in [6, 6.07) is 9.39. The van der Waals surface area contributed by atoms with E-state index in [0.717, 1.165) is 54.9 Å². The molecular formula is C27H29ClF3N7O. The van der Waals surface area contributed by atoms with Gasteiger partial charge >= 0.3 is 6.18 Å². The van der Waals surface area contributed by atoms with Gasteiger partial charge in [0, 0.05) is 67.7 Å². The lowest BCUT2D eigenvalue weighted by Crippen LogP contribution is -2.73. The number of rotatable bonds is 3. The molecule has 3 aromatic rings. The first-order chi connectivity index (χ1) is 18.4. The normalized spacial score (nSPS) is 25.9. The van der Waals surface area contributed by atoms with Crippen LogP contribution in [0.5, 0.6) is 0 Å². The van der Waals surface area contributed by atoms with Crippen molar-refractivity contribution in [2.24, 2.45) is 5.41 Å². The molecule has 1 N–H and O–H groups in total. The van der Waals surface area contributed by atoms with Gasteiger partial charge in [-0.15, -0.1) is 10.2 Å². The van der Waals surface area contributed by atoms with E-state index in [0.29, 0.717) is 23.9 Å². The van der Waals surface area contributed by atoms with E-state index in [1.54, 1.807) is 0 Å². The second-order valence-electron chi connectivity index (χ2n) is 11.9. The Bertz CT molecular complexity index is 1430. The van der Waals surface area contributed by atoms with Crippen LogP contribution >= 0.6 is 11.6 Å². The maximum absolute atomic E-state index is 13.3. The Morgan fingerprint density at radius 2 is 1.69 bits per heavy atom. The Hall–Kier alpha value is -2.89. The van der Waals surface area contributed by atoms with Gasteiger partial charge in [-0.3, -0.25) is 9.47 Å². The summed E-state index contributed by atoms with van der Waals surface area (Å²) in [4.78, 5) is 11.2. The first kappa shape index (κ1) is 25.1. The summed E-state index contributed by atoms with van der Waals surface area (Å²) in [5.41, 5.74) is 1.56. The maximum Gasteiger partial charge on any atom is 0.417 e. The van der Waals surface area contributed by atoms with Gasteiger partial charge in [-0.05, 0) is 55.3 Å². The minimum Gasteiger partial charge on any atom is -0.380 e. The molecule has 5 heterocycles. The van der Waals surface area contributed by atoms with E-state index in [1.807, 2.05) is 34.6 Å². The molecule has 0 bridgehead atoms. The fourth-order valence-electron chi connectivity index (χ4n) is 6.70. The Balaban J connectivity index is 1.11. The van der Waals surface area contributed by atoms with Crippen molar-refractivity contribution in [2.45, 2.75) is 57.6 Å². The molecule has 7 rings (SSSR count). The SMILES string of the molecule is Cc1cc(C)nc(N2CC3(C2)CN(c2nnc4n2-c2ccc(Cl)cc2CN(C2CC(O)(C(F)(F)F)C2)C4)C3)c1. The molecule has 0 atom stereocenters. The second kappa shape index (κ2) is 8.31. The Morgan fingerprint density at radius 3 is 2.38 bits per heavy atom. The summed E-state index contributed by atoms with van der Waals surface area (Å²) in [5, 5.41) is 19.6. The van der Waals surface area contributed by atoms with Crippen molar-refractivity contribution in [1.82, 2.24) is 24.6 Å². The number of aryl methyl sites for hydroxylation is 2. The van der Waals surface area contributed by atoms with Crippen LogP contribution in [0.4, 0.5) is 24.9 Å². The van der Waals surface area contributed by atoms with Crippen LogP contribution in [-0.2, 0) is 13.1 Å². The zero-order valence-electron chi connectivity index (χ0n) is 21.7. The number of aliphatic hydroxyl groups is 1.